The molecule has 1 rings (SSSR count). The van der Waals surface area contributed by atoms with Gasteiger partial charge in [-0.1, -0.05) is 27.7 Å². The van der Waals surface area contributed by atoms with E-state index in [0.717, 1.165) is 6.42 Å². The Bertz CT molecular complexity index is 191. The van der Waals surface area contributed by atoms with Crippen LogP contribution >= 0.6 is 0 Å². The third-order valence-electron chi connectivity index (χ3n) is 2.98. The first-order valence-electron chi connectivity index (χ1n) is 4.57. The van der Waals surface area contributed by atoms with Gasteiger partial charge in [-0.05, 0) is 23.7 Å². The molecule has 0 heterocycles. The summed E-state index contributed by atoms with van der Waals surface area (Å²) in [5.74, 6) is 0.229. The highest BCUT2D eigenvalue weighted by molar-refractivity contribution is 5.70. The first kappa shape index (κ1) is 9.56. The Morgan fingerprint density at radius 2 is 2.00 bits per heavy atom. The number of carboxylic acid groups (broad SMARTS) is 1. The van der Waals surface area contributed by atoms with Gasteiger partial charge in [-0.15, -0.1) is 0 Å². The number of hydrogen-bond donors (Lipinski definition) is 1. The van der Waals surface area contributed by atoms with Crippen LogP contribution in [0.3, 0.4) is 0 Å². The fourth-order valence-corrected chi connectivity index (χ4v) is 1.95. The lowest BCUT2D eigenvalue weighted by molar-refractivity contribution is -0.142. The summed E-state index contributed by atoms with van der Waals surface area (Å²) in [6.45, 7) is 8.38. The Balaban J connectivity index is 2.48. The van der Waals surface area contributed by atoms with Gasteiger partial charge in [0, 0.05) is 0 Å². The molecule has 2 nitrogen and oxygen atoms in total. The molecule has 12 heavy (non-hydrogen) atoms. The maximum atomic E-state index is 10.7. The van der Waals surface area contributed by atoms with Gasteiger partial charge >= 0.3 is 5.97 Å². The van der Waals surface area contributed by atoms with E-state index in [9.17, 15) is 4.79 Å². The molecule has 0 aromatic carbocycles. The van der Waals surface area contributed by atoms with Crippen LogP contribution in [0.5, 0.6) is 0 Å². The second-order valence-corrected chi connectivity index (χ2v) is 5.00. The van der Waals surface area contributed by atoms with Gasteiger partial charge in [0.2, 0.25) is 0 Å². The average Bonchev–Trinajstić information content (AvgIpc) is 2.61. The maximum absolute atomic E-state index is 10.7. The van der Waals surface area contributed by atoms with Crippen LogP contribution in [0.4, 0.5) is 0 Å². The molecule has 1 saturated carbocycles. The fourth-order valence-electron chi connectivity index (χ4n) is 1.95. The molecule has 0 spiro atoms. The lowest BCUT2D eigenvalue weighted by Gasteiger charge is -2.19. The van der Waals surface area contributed by atoms with Crippen LogP contribution < -0.4 is 0 Å². The second-order valence-electron chi connectivity index (χ2n) is 5.00. The molecule has 3 unspecified atom stereocenters. The van der Waals surface area contributed by atoms with E-state index in [1.807, 2.05) is 6.92 Å². The summed E-state index contributed by atoms with van der Waals surface area (Å²) in [6, 6.07) is 0. The van der Waals surface area contributed by atoms with E-state index in [-0.39, 0.29) is 11.3 Å². The molecule has 70 valence electrons. The van der Waals surface area contributed by atoms with Crippen molar-refractivity contribution in [3.05, 3.63) is 0 Å². The SMILES string of the molecule is CC(C(=O)O)C1CC1C(C)(C)C. The summed E-state index contributed by atoms with van der Waals surface area (Å²) in [5, 5.41) is 8.78. The van der Waals surface area contributed by atoms with Crippen LogP contribution in [0, 0.1) is 23.2 Å². The lowest BCUT2D eigenvalue weighted by Crippen LogP contribution is -2.17. The summed E-state index contributed by atoms with van der Waals surface area (Å²) in [4.78, 5) is 10.7. The van der Waals surface area contributed by atoms with Crippen molar-refractivity contribution in [2.45, 2.75) is 34.1 Å². The summed E-state index contributed by atoms with van der Waals surface area (Å²) in [6.07, 6.45) is 1.09. The maximum Gasteiger partial charge on any atom is 0.306 e. The smallest absolute Gasteiger partial charge is 0.306 e. The molecule has 1 aliphatic rings. The standard InChI is InChI=1S/C10H18O2/c1-6(9(11)12)7-5-8(7)10(2,3)4/h6-8H,5H2,1-4H3,(H,11,12). The van der Waals surface area contributed by atoms with E-state index in [1.54, 1.807) is 0 Å². The molecule has 3 atom stereocenters. The van der Waals surface area contributed by atoms with Crippen molar-refractivity contribution < 1.29 is 9.90 Å². The van der Waals surface area contributed by atoms with Crippen LogP contribution in [-0.4, -0.2) is 11.1 Å². The van der Waals surface area contributed by atoms with E-state index >= 15 is 0 Å². The monoisotopic (exact) mass is 170 g/mol. The van der Waals surface area contributed by atoms with Crippen LogP contribution in [0.2, 0.25) is 0 Å². The Kier molecular flexibility index (Phi) is 2.19. The minimum absolute atomic E-state index is 0.158. The quantitative estimate of drug-likeness (QED) is 0.691. The molecule has 0 aliphatic heterocycles. The van der Waals surface area contributed by atoms with E-state index < -0.39 is 5.97 Å². The van der Waals surface area contributed by atoms with Gasteiger partial charge in [0.25, 0.3) is 0 Å². The zero-order valence-corrected chi connectivity index (χ0v) is 8.29. The molecular formula is C10H18O2. The first-order valence-corrected chi connectivity index (χ1v) is 4.57. The van der Waals surface area contributed by atoms with Crippen molar-refractivity contribution in [1.29, 1.82) is 0 Å². The van der Waals surface area contributed by atoms with Crippen molar-refractivity contribution in [2.24, 2.45) is 23.2 Å². The average molecular weight is 170 g/mol. The molecule has 0 aromatic heterocycles. The highest BCUT2D eigenvalue weighted by Gasteiger charge is 2.49. The number of rotatable bonds is 2. The highest BCUT2D eigenvalue weighted by Crippen LogP contribution is 2.54. The number of hydrogen-bond acceptors (Lipinski definition) is 1. The molecule has 1 N–H and O–H groups in total. The van der Waals surface area contributed by atoms with Crippen molar-refractivity contribution in [2.75, 3.05) is 0 Å². The Morgan fingerprint density at radius 3 is 2.25 bits per heavy atom. The number of carbonyl (C=O) groups is 1. The van der Waals surface area contributed by atoms with E-state index in [2.05, 4.69) is 20.8 Å². The summed E-state index contributed by atoms with van der Waals surface area (Å²) in [7, 11) is 0. The summed E-state index contributed by atoms with van der Waals surface area (Å²) in [5.41, 5.74) is 0.286. The first-order chi connectivity index (χ1) is 5.34. The molecule has 1 fully saturated rings. The van der Waals surface area contributed by atoms with E-state index in [0.29, 0.717) is 11.8 Å². The zero-order chi connectivity index (χ0) is 9.52. The summed E-state index contributed by atoms with van der Waals surface area (Å²) >= 11 is 0. The van der Waals surface area contributed by atoms with Gasteiger partial charge < -0.3 is 5.11 Å². The van der Waals surface area contributed by atoms with Crippen LogP contribution in [0.25, 0.3) is 0 Å². The number of carboxylic acids is 1. The third-order valence-corrected chi connectivity index (χ3v) is 2.98. The zero-order valence-electron chi connectivity index (χ0n) is 8.29. The van der Waals surface area contributed by atoms with E-state index in [1.165, 1.54) is 0 Å². The van der Waals surface area contributed by atoms with Crippen LogP contribution in [-0.2, 0) is 4.79 Å². The molecule has 1 aliphatic carbocycles. The largest absolute Gasteiger partial charge is 0.481 e. The highest BCUT2D eigenvalue weighted by atomic mass is 16.4. The van der Waals surface area contributed by atoms with Crippen molar-refractivity contribution >= 4 is 5.97 Å². The van der Waals surface area contributed by atoms with Gasteiger partial charge in [0.15, 0.2) is 0 Å². The fraction of sp³-hybridized carbons (Fsp3) is 0.900. The Hall–Kier alpha value is -0.530. The molecule has 0 amide bonds. The Labute approximate surface area is 74.0 Å². The Morgan fingerprint density at radius 1 is 1.50 bits per heavy atom. The summed E-state index contributed by atoms with van der Waals surface area (Å²) < 4.78 is 0. The predicted molar refractivity (Wildman–Crippen MR) is 47.9 cm³/mol. The van der Waals surface area contributed by atoms with Crippen molar-refractivity contribution in [3.8, 4) is 0 Å². The molecule has 0 bridgehead atoms. The minimum Gasteiger partial charge on any atom is -0.481 e. The van der Waals surface area contributed by atoms with Gasteiger partial charge in [0.1, 0.15) is 0 Å². The minimum atomic E-state index is -0.647. The lowest BCUT2D eigenvalue weighted by atomic mass is 9.86. The van der Waals surface area contributed by atoms with E-state index in [4.69, 9.17) is 5.11 Å². The number of aliphatic carboxylic acids is 1. The molecule has 2 heteroatoms. The van der Waals surface area contributed by atoms with Crippen molar-refractivity contribution in [1.82, 2.24) is 0 Å². The van der Waals surface area contributed by atoms with Gasteiger partial charge in [0.05, 0.1) is 5.92 Å². The van der Waals surface area contributed by atoms with Crippen molar-refractivity contribution in [3.63, 3.8) is 0 Å². The molecule has 0 radical (unpaired) electrons. The van der Waals surface area contributed by atoms with Crippen LogP contribution in [0.15, 0.2) is 0 Å². The van der Waals surface area contributed by atoms with Gasteiger partial charge in [-0.2, -0.15) is 0 Å². The third kappa shape index (κ3) is 1.79. The molecule has 0 aromatic rings. The molecular weight excluding hydrogens is 152 g/mol. The molecule has 0 saturated heterocycles. The van der Waals surface area contributed by atoms with Gasteiger partial charge in [-0.25, -0.2) is 0 Å². The van der Waals surface area contributed by atoms with Crippen LogP contribution in [0.1, 0.15) is 34.1 Å². The predicted octanol–water partition coefficient (Wildman–Crippen LogP) is 2.39. The second kappa shape index (κ2) is 2.75. The topological polar surface area (TPSA) is 37.3 Å². The normalized spacial score (nSPS) is 31.3. The van der Waals surface area contributed by atoms with Gasteiger partial charge in [-0.3, -0.25) is 4.79 Å².